The molecule has 0 heterocycles. The van der Waals surface area contributed by atoms with Crippen LogP contribution in [0, 0.1) is 0 Å². The topological polar surface area (TPSA) is 81.7 Å². The maximum absolute atomic E-state index is 12.5. The van der Waals surface area contributed by atoms with E-state index in [0.29, 0.717) is 33.9 Å². The lowest BCUT2D eigenvalue weighted by molar-refractivity contribution is -0.118. The molecule has 3 aromatic carbocycles. The van der Waals surface area contributed by atoms with E-state index in [-0.39, 0.29) is 29.7 Å². The largest absolute Gasteiger partial charge is 0.497 e. The van der Waals surface area contributed by atoms with E-state index in [1.165, 1.54) is 0 Å². The summed E-state index contributed by atoms with van der Waals surface area (Å²) in [4.78, 5) is 37.0. The van der Waals surface area contributed by atoms with Crippen LogP contribution in [0.3, 0.4) is 0 Å². The van der Waals surface area contributed by atoms with E-state index in [9.17, 15) is 14.4 Å². The molecule has 0 atom stereocenters. The van der Waals surface area contributed by atoms with Gasteiger partial charge in [0.1, 0.15) is 11.5 Å². The van der Waals surface area contributed by atoms with Gasteiger partial charge in [0, 0.05) is 16.8 Å². The molecule has 1 aliphatic rings. The van der Waals surface area contributed by atoms with E-state index in [0.717, 1.165) is 0 Å². The second kappa shape index (κ2) is 8.67. The van der Waals surface area contributed by atoms with E-state index in [1.807, 2.05) is 0 Å². The monoisotopic (exact) mass is 413 g/mol. The Balaban J connectivity index is 1.36. The quantitative estimate of drug-likeness (QED) is 0.484. The minimum atomic E-state index is -0.295. The molecular weight excluding hydrogens is 394 g/mol. The number of anilines is 1. The molecule has 6 heteroatoms. The number of rotatable bonds is 6. The summed E-state index contributed by atoms with van der Waals surface area (Å²) in [5.74, 6) is 0.372. The number of ketones is 2. The van der Waals surface area contributed by atoms with E-state index in [2.05, 4.69) is 5.32 Å². The van der Waals surface area contributed by atoms with E-state index in [1.54, 1.807) is 86.0 Å². The van der Waals surface area contributed by atoms with Crippen LogP contribution in [0.15, 0.2) is 78.4 Å². The smallest absolute Gasteiger partial charge is 0.262 e. The zero-order valence-electron chi connectivity index (χ0n) is 16.8. The third kappa shape index (κ3) is 4.38. The molecule has 0 aromatic heterocycles. The van der Waals surface area contributed by atoms with Crippen LogP contribution in [-0.4, -0.2) is 31.2 Å². The van der Waals surface area contributed by atoms with Gasteiger partial charge in [-0.05, 0) is 48.0 Å². The van der Waals surface area contributed by atoms with Crippen molar-refractivity contribution in [3.05, 3.63) is 95.1 Å². The van der Waals surface area contributed by atoms with Crippen LogP contribution in [0.1, 0.15) is 26.3 Å². The fraction of sp³-hybridized carbons (Fsp3) is 0.0800. The second-order valence-electron chi connectivity index (χ2n) is 6.90. The van der Waals surface area contributed by atoms with Crippen molar-refractivity contribution in [3.63, 3.8) is 0 Å². The van der Waals surface area contributed by atoms with Gasteiger partial charge in [0.15, 0.2) is 18.2 Å². The highest BCUT2D eigenvalue weighted by Crippen LogP contribution is 2.28. The molecular formula is C25H19NO5. The minimum absolute atomic E-state index is 0.147. The van der Waals surface area contributed by atoms with Gasteiger partial charge in [0.05, 0.1) is 12.7 Å². The standard InChI is InChI=1S/C25H19NO5/c1-30-18-12-8-17(9-13-18)26-23(27)15-31-19-10-6-16(7-11-19)14-22-24(28)20-4-2-3-5-21(20)25(22)29/h2-14H,15H2,1H3,(H,26,27). The second-order valence-corrected chi connectivity index (χ2v) is 6.90. The van der Waals surface area contributed by atoms with Gasteiger partial charge >= 0.3 is 0 Å². The molecule has 1 amide bonds. The maximum Gasteiger partial charge on any atom is 0.262 e. The average Bonchev–Trinajstić information content (AvgIpc) is 3.04. The number of methoxy groups -OCH3 is 1. The van der Waals surface area contributed by atoms with Crippen molar-refractivity contribution in [2.45, 2.75) is 0 Å². The Morgan fingerprint density at radius 2 is 1.42 bits per heavy atom. The van der Waals surface area contributed by atoms with E-state index in [4.69, 9.17) is 9.47 Å². The number of hydrogen-bond donors (Lipinski definition) is 1. The Morgan fingerprint density at radius 1 is 0.839 bits per heavy atom. The minimum Gasteiger partial charge on any atom is -0.497 e. The molecule has 4 rings (SSSR count). The van der Waals surface area contributed by atoms with Crippen LogP contribution in [-0.2, 0) is 4.79 Å². The normalized spacial score (nSPS) is 12.4. The van der Waals surface area contributed by atoms with Gasteiger partial charge in [0.25, 0.3) is 5.91 Å². The van der Waals surface area contributed by atoms with Crippen LogP contribution in [0.4, 0.5) is 5.69 Å². The highest BCUT2D eigenvalue weighted by molar-refractivity contribution is 6.41. The molecule has 154 valence electrons. The van der Waals surface area contributed by atoms with Gasteiger partial charge in [-0.2, -0.15) is 0 Å². The maximum atomic E-state index is 12.5. The van der Waals surface area contributed by atoms with Gasteiger partial charge in [-0.25, -0.2) is 0 Å². The molecule has 0 radical (unpaired) electrons. The molecule has 0 spiro atoms. The van der Waals surface area contributed by atoms with Gasteiger partial charge in [-0.1, -0.05) is 36.4 Å². The van der Waals surface area contributed by atoms with Crippen molar-refractivity contribution in [2.75, 3.05) is 19.0 Å². The third-order valence-corrected chi connectivity index (χ3v) is 4.84. The highest BCUT2D eigenvalue weighted by atomic mass is 16.5. The van der Waals surface area contributed by atoms with Gasteiger partial charge in [-0.3, -0.25) is 14.4 Å². The van der Waals surface area contributed by atoms with Crippen molar-refractivity contribution in [1.29, 1.82) is 0 Å². The molecule has 0 fully saturated rings. The molecule has 0 aliphatic heterocycles. The number of hydrogen-bond acceptors (Lipinski definition) is 5. The van der Waals surface area contributed by atoms with E-state index >= 15 is 0 Å². The Morgan fingerprint density at radius 3 is 2.00 bits per heavy atom. The molecule has 1 aliphatic carbocycles. The molecule has 3 aromatic rings. The number of benzene rings is 3. The number of nitrogens with one attached hydrogen (secondary N) is 1. The molecule has 1 N–H and O–H groups in total. The lowest BCUT2D eigenvalue weighted by Gasteiger charge is -2.08. The highest BCUT2D eigenvalue weighted by Gasteiger charge is 2.32. The zero-order valence-corrected chi connectivity index (χ0v) is 16.8. The lowest BCUT2D eigenvalue weighted by atomic mass is 10.1. The summed E-state index contributed by atoms with van der Waals surface area (Å²) in [7, 11) is 1.58. The van der Waals surface area contributed by atoms with Gasteiger partial charge in [0.2, 0.25) is 0 Å². The number of ether oxygens (including phenoxy) is 2. The van der Waals surface area contributed by atoms with Crippen molar-refractivity contribution >= 4 is 29.2 Å². The van der Waals surface area contributed by atoms with Crippen LogP contribution < -0.4 is 14.8 Å². The van der Waals surface area contributed by atoms with E-state index < -0.39 is 0 Å². The molecule has 0 unspecified atom stereocenters. The first-order valence-electron chi connectivity index (χ1n) is 9.62. The predicted octanol–water partition coefficient (Wildman–Crippen LogP) is 4.18. The van der Waals surface area contributed by atoms with Gasteiger partial charge < -0.3 is 14.8 Å². The van der Waals surface area contributed by atoms with Crippen molar-refractivity contribution in [2.24, 2.45) is 0 Å². The molecule has 0 saturated heterocycles. The van der Waals surface area contributed by atoms with Gasteiger partial charge in [-0.15, -0.1) is 0 Å². The summed E-state index contributed by atoms with van der Waals surface area (Å²) in [5, 5.41) is 2.74. The summed E-state index contributed by atoms with van der Waals surface area (Å²) in [5.41, 5.74) is 2.35. The van der Waals surface area contributed by atoms with Crippen LogP contribution in [0.2, 0.25) is 0 Å². The molecule has 0 saturated carbocycles. The number of carbonyl (C=O) groups excluding carboxylic acids is 3. The van der Waals surface area contributed by atoms with Crippen LogP contribution >= 0.6 is 0 Å². The molecule has 31 heavy (non-hydrogen) atoms. The summed E-state index contributed by atoms with van der Waals surface area (Å²) < 4.78 is 10.6. The number of Topliss-reactive ketones (excluding diaryl/α,β-unsaturated/α-hetero) is 2. The summed E-state index contributed by atoms with van der Waals surface area (Å²) in [6, 6.07) is 20.6. The zero-order chi connectivity index (χ0) is 21.8. The Bertz CT molecular complexity index is 1140. The third-order valence-electron chi connectivity index (χ3n) is 4.84. The number of amides is 1. The summed E-state index contributed by atoms with van der Waals surface area (Å²) >= 11 is 0. The average molecular weight is 413 g/mol. The summed E-state index contributed by atoms with van der Waals surface area (Å²) in [6.45, 7) is -0.154. The number of allylic oxidation sites excluding steroid dienone is 1. The first-order valence-corrected chi connectivity index (χ1v) is 9.62. The van der Waals surface area contributed by atoms with Crippen molar-refractivity contribution < 1.29 is 23.9 Å². The Labute approximate surface area is 179 Å². The molecule has 0 bridgehead atoms. The molecule has 6 nitrogen and oxygen atoms in total. The fourth-order valence-electron chi connectivity index (χ4n) is 3.25. The van der Waals surface area contributed by atoms with Crippen molar-refractivity contribution in [3.8, 4) is 11.5 Å². The van der Waals surface area contributed by atoms with Crippen LogP contribution in [0.25, 0.3) is 6.08 Å². The van der Waals surface area contributed by atoms with Crippen LogP contribution in [0.5, 0.6) is 11.5 Å². The number of carbonyl (C=O) groups is 3. The predicted molar refractivity (Wildman–Crippen MR) is 117 cm³/mol. The Hall–Kier alpha value is -4.19. The SMILES string of the molecule is COc1ccc(NC(=O)COc2ccc(C=C3C(=O)c4ccccc4C3=O)cc2)cc1. The summed E-state index contributed by atoms with van der Waals surface area (Å²) in [6.07, 6.45) is 1.57. The fourth-order valence-corrected chi connectivity index (χ4v) is 3.25. The lowest BCUT2D eigenvalue weighted by Crippen LogP contribution is -2.20. The Kier molecular flexibility index (Phi) is 5.62. The first-order chi connectivity index (χ1) is 15.0. The first kappa shape index (κ1) is 20.1. The van der Waals surface area contributed by atoms with Crippen molar-refractivity contribution in [1.82, 2.24) is 0 Å². The number of fused-ring (bicyclic) bond motifs is 1.